The summed E-state index contributed by atoms with van der Waals surface area (Å²) in [6.07, 6.45) is 6.41. The van der Waals surface area contributed by atoms with Crippen LogP contribution in [0.25, 0.3) is 11.3 Å². The Bertz CT molecular complexity index is 710. The maximum atomic E-state index is 12.8. The summed E-state index contributed by atoms with van der Waals surface area (Å²) < 4.78 is 0. The van der Waals surface area contributed by atoms with E-state index in [-0.39, 0.29) is 11.8 Å². The predicted molar refractivity (Wildman–Crippen MR) is 107 cm³/mol. The fraction of sp³-hybridized carbons (Fsp3) is 0.500. The number of piperidine rings is 1. The summed E-state index contributed by atoms with van der Waals surface area (Å²) >= 11 is 2.06. The van der Waals surface area contributed by atoms with Crippen LogP contribution in [0.2, 0.25) is 0 Å². The number of thioether (sulfide) groups is 1. The van der Waals surface area contributed by atoms with E-state index in [2.05, 4.69) is 32.2 Å². The van der Waals surface area contributed by atoms with Crippen molar-refractivity contribution in [3.63, 3.8) is 0 Å². The van der Waals surface area contributed by atoms with Crippen molar-refractivity contribution >= 4 is 23.4 Å². The zero-order valence-corrected chi connectivity index (χ0v) is 15.8. The summed E-state index contributed by atoms with van der Waals surface area (Å²) in [4.78, 5) is 15.3. The number of nitrogens with one attached hydrogen (secondary N) is 2. The quantitative estimate of drug-likeness (QED) is 0.863. The number of nitrogens with zero attached hydrogens (tertiary/aromatic N) is 2. The minimum Gasteiger partial charge on any atom is -0.326 e. The maximum absolute atomic E-state index is 12.8. The first-order valence-electron chi connectivity index (χ1n) is 9.52. The molecule has 2 aliphatic heterocycles. The highest BCUT2D eigenvalue weighted by Gasteiger charge is 2.30. The van der Waals surface area contributed by atoms with E-state index in [9.17, 15) is 4.79 Å². The molecular formula is C20H26N4OS. The first-order chi connectivity index (χ1) is 12.8. The van der Waals surface area contributed by atoms with Crippen molar-refractivity contribution in [2.45, 2.75) is 31.7 Å². The van der Waals surface area contributed by atoms with Gasteiger partial charge in [0, 0.05) is 24.5 Å². The molecule has 1 unspecified atom stereocenters. The second-order valence-corrected chi connectivity index (χ2v) is 8.44. The van der Waals surface area contributed by atoms with Gasteiger partial charge in [-0.05, 0) is 67.5 Å². The average molecular weight is 371 g/mol. The van der Waals surface area contributed by atoms with E-state index in [0.29, 0.717) is 6.04 Å². The van der Waals surface area contributed by atoms with Crippen LogP contribution in [0.3, 0.4) is 0 Å². The highest BCUT2D eigenvalue weighted by atomic mass is 32.2. The van der Waals surface area contributed by atoms with Crippen molar-refractivity contribution in [1.29, 1.82) is 0 Å². The van der Waals surface area contributed by atoms with Gasteiger partial charge < -0.3 is 5.32 Å². The number of H-pyrrole nitrogens is 1. The molecule has 138 valence electrons. The molecule has 0 spiro atoms. The lowest BCUT2D eigenvalue weighted by molar-refractivity contribution is -0.121. The molecule has 1 aromatic carbocycles. The Balaban J connectivity index is 1.35. The van der Waals surface area contributed by atoms with Gasteiger partial charge in [0.15, 0.2) is 0 Å². The van der Waals surface area contributed by atoms with Gasteiger partial charge in [-0.15, -0.1) is 0 Å². The first-order valence-corrected chi connectivity index (χ1v) is 10.7. The molecule has 2 saturated heterocycles. The summed E-state index contributed by atoms with van der Waals surface area (Å²) in [5.41, 5.74) is 2.92. The second kappa shape index (κ2) is 8.27. The van der Waals surface area contributed by atoms with Crippen molar-refractivity contribution in [2.24, 2.45) is 5.92 Å². The summed E-state index contributed by atoms with van der Waals surface area (Å²) in [7, 11) is 0. The Kier molecular flexibility index (Phi) is 5.60. The van der Waals surface area contributed by atoms with Crippen LogP contribution in [0.5, 0.6) is 0 Å². The van der Waals surface area contributed by atoms with Gasteiger partial charge in [-0.3, -0.25) is 14.8 Å². The molecule has 5 nitrogen and oxygen atoms in total. The fourth-order valence-corrected chi connectivity index (χ4v) is 5.08. The number of benzene rings is 1. The van der Waals surface area contributed by atoms with Crippen LogP contribution in [0.15, 0.2) is 36.5 Å². The smallest absolute Gasteiger partial charge is 0.228 e. The molecule has 0 bridgehead atoms. The summed E-state index contributed by atoms with van der Waals surface area (Å²) in [6.45, 7) is 2.06. The third-order valence-corrected chi connectivity index (χ3v) is 6.54. The molecule has 0 saturated carbocycles. The lowest BCUT2D eigenvalue weighted by Crippen LogP contribution is -2.47. The number of amides is 1. The number of aromatic amines is 1. The van der Waals surface area contributed by atoms with Gasteiger partial charge in [-0.1, -0.05) is 12.1 Å². The number of hydrogen-bond acceptors (Lipinski definition) is 4. The Labute approximate surface area is 158 Å². The van der Waals surface area contributed by atoms with Crippen LogP contribution in [-0.2, 0) is 4.79 Å². The number of rotatable bonds is 4. The maximum Gasteiger partial charge on any atom is 0.228 e. The predicted octanol–water partition coefficient (Wildman–Crippen LogP) is 3.62. The van der Waals surface area contributed by atoms with Crippen LogP contribution in [0, 0.1) is 5.92 Å². The van der Waals surface area contributed by atoms with Crippen LogP contribution >= 0.6 is 11.8 Å². The number of carbonyl (C=O) groups excluding carboxylic acids is 1. The fourth-order valence-electron chi connectivity index (χ4n) is 4.00. The molecule has 6 heteroatoms. The van der Waals surface area contributed by atoms with Gasteiger partial charge in [0.2, 0.25) is 5.91 Å². The summed E-state index contributed by atoms with van der Waals surface area (Å²) in [5, 5.41) is 10.0. The zero-order chi connectivity index (χ0) is 17.8. The summed E-state index contributed by atoms with van der Waals surface area (Å²) in [6, 6.07) is 10.6. The molecule has 26 heavy (non-hydrogen) atoms. The Hall–Kier alpha value is -1.79. The Morgan fingerprint density at radius 1 is 1.15 bits per heavy atom. The first kappa shape index (κ1) is 17.6. The molecule has 3 heterocycles. The third-order valence-electron chi connectivity index (χ3n) is 5.50. The molecule has 1 amide bonds. The van der Waals surface area contributed by atoms with Crippen LogP contribution < -0.4 is 5.32 Å². The van der Waals surface area contributed by atoms with Crippen LogP contribution in [0.1, 0.15) is 25.7 Å². The Morgan fingerprint density at radius 3 is 2.69 bits per heavy atom. The summed E-state index contributed by atoms with van der Waals surface area (Å²) in [5.74, 6) is 2.79. The number of hydrogen-bond donors (Lipinski definition) is 2. The average Bonchev–Trinajstić information content (AvgIpc) is 3.24. The van der Waals surface area contributed by atoms with E-state index < -0.39 is 0 Å². The minimum absolute atomic E-state index is 0.102. The number of anilines is 1. The number of aromatic nitrogens is 2. The van der Waals surface area contributed by atoms with E-state index in [0.717, 1.165) is 42.9 Å². The molecule has 0 radical (unpaired) electrons. The second-order valence-electron chi connectivity index (χ2n) is 7.21. The number of likely N-dealkylation sites (tertiary alicyclic amines) is 1. The SMILES string of the molecule is O=C(Nc1ccc(-c2ccn[nH]2)cc1)C1CCCN(C2CCSCC2)C1. The van der Waals surface area contributed by atoms with E-state index in [1.807, 2.05) is 30.3 Å². The van der Waals surface area contributed by atoms with Gasteiger partial charge in [0.05, 0.1) is 11.6 Å². The van der Waals surface area contributed by atoms with Crippen molar-refractivity contribution in [3.8, 4) is 11.3 Å². The van der Waals surface area contributed by atoms with Gasteiger partial charge in [-0.25, -0.2) is 0 Å². The van der Waals surface area contributed by atoms with Crippen LogP contribution in [-0.4, -0.2) is 51.6 Å². The van der Waals surface area contributed by atoms with Gasteiger partial charge in [0.25, 0.3) is 0 Å². The molecule has 2 N–H and O–H groups in total. The molecule has 2 aromatic rings. The highest BCUT2D eigenvalue weighted by molar-refractivity contribution is 7.99. The largest absolute Gasteiger partial charge is 0.326 e. The topological polar surface area (TPSA) is 61.0 Å². The van der Waals surface area contributed by atoms with E-state index in [1.165, 1.54) is 24.3 Å². The minimum atomic E-state index is 0.102. The van der Waals surface area contributed by atoms with Gasteiger partial charge in [0.1, 0.15) is 0 Å². The molecule has 2 aliphatic rings. The van der Waals surface area contributed by atoms with E-state index in [4.69, 9.17) is 0 Å². The lowest BCUT2D eigenvalue weighted by Gasteiger charge is -2.39. The van der Waals surface area contributed by atoms with E-state index >= 15 is 0 Å². The van der Waals surface area contributed by atoms with Gasteiger partial charge in [-0.2, -0.15) is 16.9 Å². The van der Waals surface area contributed by atoms with Crippen molar-refractivity contribution in [2.75, 3.05) is 29.9 Å². The highest BCUT2D eigenvalue weighted by Crippen LogP contribution is 2.27. The lowest BCUT2D eigenvalue weighted by atomic mass is 9.94. The number of carbonyl (C=O) groups is 1. The third kappa shape index (κ3) is 4.13. The van der Waals surface area contributed by atoms with Crippen LogP contribution in [0.4, 0.5) is 5.69 Å². The zero-order valence-electron chi connectivity index (χ0n) is 15.0. The molecule has 4 rings (SSSR count). The van der Waals surface area contributed by atoms with E-state index in [1.54, 1.807) is 6.20 Å². The Morgan fingerprint density at radius 2 is 1.96 bits per heavy atom. The molecule has 1 aromatic heterocycles. The van der Waals surface area contributed by atoms with Crippen molar-refractivity contribution in [3.05, 3.63) is 36.5 Å². The molecular weight excluding hydrogens is 344 g/mol. The molecule has 2 fully saturated rings. The molecule has 0 aliphatic carbocycles. The van der Waals surface area contributed by atoms with Gasteiger partial charge >= 0.3 is 0 Å². The normalized spacial score (nSPS) is 22.2. The standard InChI is InChI=1S/C20H26N4OS/c25-20(16-2-1-11-24(14-16)18-8-12-26-13-9-18)22-17-5-3-15(4-6-17)19-7-10-21-23-19/h3-7,10,16,18H,1-2,8-9,11-14H2,(H,21,23)(H,22,25). The molecule has 1 atom stereocenters. The van der Waals surface area contributed by atoms with Crippen molar-refractivity contribution in [1.82, 2.24) is 15.1 Å². The monoisotopic (exact) mass is 370 g/mol. The van der Waals surface area contributed by atoms with Crippen molar-refractivity contribution < 1.29 is 4.79 Å².